The normalized spacial score (nSPS) is 11.3. The van der Waals surface area contributed by atoms with Gasteiger partial charge < -0.3 is 15.2 Å². The highest BCUT2D eigenvalue weighted by atomic mass is 16.6. The highest BCUT2D eigenvalue weighted by Gasteiger charge is 2.25. The largest absolute Gasteiger partial charge is 0.494 e. The number of rotatable bonds is 9. The first-order chi connectivity index (χ1) is 17.8. The van der Waals surface area contributed by atoms with E-state index in [1.807, 2.05) is 6.92 Å². The number of hydrazone groups is 1. The van der Waals surface area contributed by atoms with E-state index in [-0.39, 0.29) is 34.5 Å². The monoisotopic (exact) mass is 507 g/mol. The third kappa shape index (κ3) is 5.04. The maximum Gasteiger partial charge on any atom is 0.311 e. The standard InChI is InChI=1S/C22H21N9O6/c1-4-36-15-8-5-13(6-9-15)19-18(25-29-30(19)21-20(23)27-37-28-21)22(32)26-24-12(2)14-7-10-17(35-3)16(11-14)31(33)34/h5-11H,4H2,1-3H3,(H2,23,27)(H,26,32). The van der Waals surface area contributed by atoms with Gasteiger partial charge in [-0.25, -0.2) is 10.1 Å². The Kier molecular flexibility index (Phi) is 7.04. The van der Waals surface area contributed by atoms with Crippen molar-refractivity contribution in [3.8, 4) is 28.6 Å². The molecule has 0 bridgehead atoms. The van der Waals surface area contributed by atoms with Gasteiger partial charge in [0, 0.05) is 17.2 Å². The quantitative estimate of drug-likeness (QED) is 0.191. The second kappa shape index (κ2) is 10.5. The van der Waals surface area contributed by atoms with E-state index in [1.165, 1.54) is 23.9 Å². The van der Waals surface area contributed by atoms with E-state index in [9.17, 15) is 14.9 Å². The van der Waals surface area contributed by atoms with Gasteiger partial charge in [0.25, 0.3) is 5.91 Å². The number of nitro groups is 1. The van der Waals surface area contributed by atoms with Crippen LogP contribution in [-0.2, 0) is 0 Å². The van der Waals surface area contributed by atoms with E-state index in [0.717, 1.165) is 0 Å². The molecule has 0 atom stereocenters. The number of hydrogen-bond donors (Lipinski definition) is 2. The van der Waals surface area contributed by atoms with Crippen LogP contribution in [0.1, 0.15) is 29.9 Å². The summed E-state index contributed by atoms with van der Waals surface area (Å²) in [6.45, 7) is 3.93. The van der Waals surface area contributed by atoms with Crippen molar-refractivity contribution in [2.24, 2.45) is 5.10 Å². The average Bonchev–Trinajstić information content (AvgIpc) is 3.53. The Labute approximate surface area is 209 Å². The van der Waals surface area contributed by atoms with Crippen molar-refractivity contribution >= 4 is 23.1 Å². The molecule has 0 aliphatic heterocycles. The fraction of sp³-hybridized carbons (Fsp3) is 0.182. The highest BCUT2D eigenvalue weighted by molar-refractivity contribution is 6.02. The summed E-state index contributed by atoms with van der Waals surface area (Å²) in [4.78, 5) is 23.9. The van der Waals surface area contributed by atoms with Crippen LogP contribution in [0.3, 0.4) is 0 Å². The minimum Gasteiger partial charge on any atom is -0.494 e. The number of anilines is 1. The first kappa shape index (κ1) is 24.8. The predicted octanol–water partition coefficient (Wildman–Crippen LogP) is 2.37. The third-order valence-corrected chi connectivity index (χ3v) is 5.14. The van der Waals surface area contributed by atoms with Gasteiger partial charge >= 0.3 is 5.69 Å². The first-order valence-electron chi connectivity index (χ1n) is 10.8. The number of nitro benzene ring substituents is 1. The van der Waals surface area contributed by atoms with Gasteiger partial charge in [0.2, 0.25) is 11.6 Å². The number of benzene rings is 2. The second-order valence-corrected chi connectivity index (χ2v) is 7.41. The van der Waals surface area contributed by atoms with Crippen LogP contribution in [0.15, 0.2) is 52.2 Å². The van der Waals surface area contributed by atoms with Gasteiger partial charge in [-0.3, -0.25) is 14.9 Å². The van der Waals surface area contributed by atoms with Crippen molar-refractivity contribution in [1.82, 2.24) is 30.7 Å². The van der Waals surface area contributed by atoms with Crippen LogP contribution in [0.4, 0.5) is 11.5 Å². The lowest BCUT2D eigenvalue weighted by Gasteiger charge is -2.08. The molecule has 15 nitrogen and oxygen atoms in total. The van der Waals surface area contributed by atoms with E-state index >= 15 is 0 Å². The van der Waals surface area contributed by atoms with Gasteiger partial charge in [-0.05, 0) is 60.6 Å². The van der Waals surface area contributed by atoms with Crippen molar-refractivity contribution in [2.45, 2.75) is 13.8 Å². The van der Waals surface area contributed by atoms with Crippen molar-refractivity contribution in [2.75, 3.05) is 19.5 Å². The molecule has 0 fully saturated rings. The van der Waals surface area contributed by atoms with Gasteiger partial charge in [-0.1, -0.05) is 5.21 Å². The number of nitrogens with one attached hydrogen (secondary N) is 1. The summed E-state index contributed by atoms with van der Waals surface area (Å²) in [5.41, 5.74) is 9.41. The van der Waals surface area contributed by atoms with E-state index < -0.39 is 10.8 Å². The van der Waals surface area contributed by atoms with Gasteiger partial charge in [0.05, 0.1) is 24.4 Å². The number of amides is 1. The molecule has 2 aromatic carbocycles. The van der Waals surface area contributed by atoms with Crippen LogP contribution < -0.4 is 20.6 Å². The lowest BCUT2D eigenvalue weighted by molar-refractivity contribution is -0.385. The molecule has 15 heteroatoms. The Morgan fingerprint density at radius 2 is 2.00 bits per heavy atom. The summed E-state index contributed by atoms with van der Waals surface area (Å²) in [5.74, 6) is 0.0173. The van der Waals surface area contributed by atoms with Crippen LogP contribution in [0.25, 0.3) is 17.1 Å². The smallest absolute Gasteiger partial charge is 0.311 e. The molecule has 0 saturated heterocycles. The van der Waals surface area contributed by atoms with Gasteiger partial charge in [0.1, 0.15) is 11.4 Å². The Bertz CT molecular complexity index is 1480. The maximum absolute atomic E-state index is 13.1. The van der Waals surface area contributed by atoms with Crippen molar-refractivity contribution in [3.63, 3.8) is 0 Å². The molecule has 0 saturated carbocycles. The highest BCUT2D eigenvalue weighted by Crippen LogP contribution is 2.29. The number of nitrogens with zero attached hydrogens (tertiary/aromatic N) is 7. The number of carbonyl (C=O) groups is 1. The topological polar surface area (TPSA) is 199 Å². The molecule has 37 heavy (non-hydrogen) atoms. The van der Waals surface area contributed by atoms with E-state index in [0.29, 0.717) is 29.2 Å². The van der Waals surface area contributed by atoms with Crippen LogP contribution in [0.5, 0.6) is 11.5 Å². The number of methoxy groups -OCH3 is 1. The van der Waals surface area contributed by atoms with Crippen molar-refractivity contribution in [3.05, 3.63) is 63.8 Å². The summed E-state index contributed by atoms with van der Waals surface area (Å²) in [5, 5.41) is 30.7. The van der Waals surface area contributed by atoms with Gasteiger partial charge in [-0.2, -0.15) is 9.78 Å². The van der Waals surface area contributed by atoms with Gasteiger partial charge in [0.15, 0.2) is 11.4 Å². The number of nitrogens with two attached hydrogens (primary N) is 1. The first-order valence-corrected chi connectivity index (χ1v) is 10.8. The number of hydrogen-bond acceptors (Lipinski definition) is 12. The van der Waals surface area contributed by atoms with Crippen molar-refractivity contribution in [1.29, 1.82) is 0 Å². The lowest BCUT2D eigenvalue weighted by atomic mass is 10.1. The molecule has 3 N–H and O–H groups in total. The zero-order chi connectivity index (χ0) is 26.5. The molecule has 190 valence electrons. The minimum atomic E-state index is -0.701. The van der Waals surface area contributed by atoms with Crippen LogP contribution in [0, 0.1) is 10.1 Å². The summed E-state index contributed by atoms with van der Waals surface area (Å²) >= 11 is 0. The zero-order valence-corrected chi connectivity index (χ0v) is 19.9. The molecule has 4 aromatic rings. The Hall–Kier alpha value is -5.34. The lowest BCUT2D eigenvalue weighted by Crippen LogP contribution is -2.21. The fourth-order valence-corrected chi connectivity index (χ4v) is 3.37. The molecule has 0 spiro atoms. The van der Waals surface area contributed by atoms with Crippen LogP contribution in [-0.4, -0.2) is 55.6 Å². The minimum absolute atomic E-state index is 0.0423. The average molecular weight is 507 g/mol. The molecule has 0 aliphatic rings. The summed E-state index contributed by atoms with van der Waals surface area (Å²) in [6, 6.07) is 11.2. The molecule has 0 radical (unpaired) electrons. The maximum atomic E-state index is 13.1. The molecule has 0 unspecified atom stereocenters. The Morgan fingerprint density at radius 1 is 1.24 bits per heavy atom. The zero-order valence-electron chi connectivity index (χ0n) is 19.9. The van der Waals surface area contributed by atoms with E-state index in [2.05, 4.69) is 35.8 Å². The Balaban J connectivity index is 1.68. The number of ether oxygens (including phenoxy) is 2. The van der Waals surface area contributed by atoms with Gasteiger partial charge in [-0.15, -0.1) is 5.10 Å². The molecule has 0 aliphatic carbocycles. The fourth-order valence-electron chi connectivity index (χ4n) is 3.37. The molecule has 2 heterocycles. The SMILES string of the molecule is CCOc1ccc(-c2c(C(=O)NN=C(C)c3ccc(OC)c([N+](=O)[O-])c3)nnn2-c2nonc2N)cc1. The summed E-state index contributed by atoms with van der Waals surface area (Å²) in [7, 11) is 1.33. The second-order valence-electron chi connectivity index (χ2n) is 7.41. The summed E-state index contributed by atoms with van der Waals surface area (Å²) in [6.07, 6.45) is 0. The number of aromatic nitrogens is 5. The van der Waals surface area contributed by atoms with Crippen LogP contribution >= 0.6 is 0 Å². The summed E-state index contributed by atoms with van der Waals surface area (Å²) < 4.78 is 16.4. The molecule has 1 amide bonds. The molecular formula is C22H21N9O6. The van der Waals surface area contributed by atoms with E-state index in [4.69, 9.17) is 15.2 Å². The third-order valence-electron chi connectivity index (χ3n) is 5.14. The number of nitrogen functional groups attached to an aromatic ring is 1. The van der Waals surface area contributed by atoms with E-state index in [1.54, 1.807) is 37.3 Å². The Morgan fingerprint density at radius 3 is 2.62 bits per heavy atom. The molecule has 4 rings (SSSR count). The number of carbonyl (C=O) groups excluding carboxylic acids is 1. The predicted molar refractivity (Wildman–Crippen MR) is 130 cm³/mol. The molecule has 2 aromatic heterocycles. The van der Waals surface area contributed by atoms with Crippen molar-refractivity contribution < 1.29 is 23.8 Å². The molecular weight excluding hydrogens is 486 g/mol. The van der Waals surface area contributed by atoms with Crippen LogP contribution in [0.2, 0.25) is 0 Å².